The first-order chi connectivity index (χ1) is 8.53. The molecule has 1 fully saturated rings. The van der Waals surface area contributed by atoms with Crippen LogP contribution >= 0.6 is 12.2 Å². The zero-order valence-corrected chi connectivity index (χ0v) is 12.7. The van der Waals surface area contributed by atoms with Crippen LogP contribution in [-0.4, -0.2) is 28.4 Å². The van der Waals surface area contributed by atoms with E-state index < -0.39 is 5.41 Å². The van der Waals surface area contributed by atoms with Gasteiger partial charge in [-0.25, -0.2) is 0 Å². The van der Waals surface area contributed by atoms with E-state index in [1.807, 2.05) is 18.7 Å². The fourth-order valence-electron chi connectivity index (χ4n) is 2.45. The maximum Gasteiger partial charge on any atom is 0.235 e. The van der Waals surface area contributed by atoms with E-state index in [2.05, 4.69) is 6.92 Å². The van der Waals surface area contributed by atoms with Gasteiger partial charge in [0, 0.05) is 12.6 Å². The second-order valence-electron chi connectivity index (χ2n) is 5.24. The van der Waals surface area contributed by atoms with Gasteiger partial charge >= 0.3 is 0 Å². The average Bonchev–Trinajstić information content (AvgIpc) is 3.16. The summed E-state index contributed by atoms with van der Waals surface area (Å²) < 4.78 is 0. The predicted octanol–water partition coefficient (Wildman–Crippen LogP) is 2.87. The molecule has 0 bridgehead atoms. The summed E-state index contributed by atoms with van der Waals surface area (Å²) in [4.78, 5) is 15.2. The summed E-state index contributed by atoms with van der Waals surface area (Å²) >= 11 is 5.17. The van der Waals surface area contributed by atoms with Gasteiger partial charge in [0.15, 0.2) is 0 Å². The first-order valence-corrected chi connectivity index (χ1v) is 7.55. The molecule has 4 heteroatoms. The fourth-order valence-corrected chi connectivity index (χ4v) is 2.82. The van der Waals surface area contributed by atoms with Crippen molar-refractivity contribution in [1.29, 1.82) is 0 Å². The van der Waals surface area contributed by atoms with E-state index in [0.717, 1.165) is 32.2 Å². The van der Waals surface area contributed by atoms with Gasteiger partial charge in [0.2, 0.25) is 5.91 Å². The van der Waals surface area contributed by atoms with E-state index in [4.69, 9.17) is 18.0 Å². The van der Waals surface area contributed by atoms with E-state index in [9.17, 15) is 4.79 Å². The summed E-state index contributed by atoms with van der Waals surface area (Å²) in [6, 6.07) is 0.441. The van der Waals surface area contributed by atoms with E-state index in [-0.39, 0.29) is 5.91 Å². The minimum Gasteiger partial charge on any atom is -0.392 e. The summed E-state index contributed by atoms with van der Waals surface area (Å²) in [5.74, 6) is 0.163. The lowest BCUT2D eigenvalue weighted by atomic mass is 9.80. The van der Waals surface area contributed by atoms with Crippen molar-refractivity contribution in [2.75, 3.05) is 6.54 Å². The highest BCUT2D eigenvalue weighted by Gasteiger charge is 2.44. The summed E-state index contributed by atoms with van der Waals surface area (Å²) in [5.41, 5.74) is 5.25. The molecule has 1 saturated carbocycles. The first-order valence-electron chi connectivity index (χ1n) is 7.14. The molecule has 3 nitrogen and oxygen atoms in total. The highest BCUT2D eigenvalue weighted by Crippen LogP contribution is 2.35. The number of nitrogens with two attached hydrogens (primary N) is 1. The third-order valence-electron chi connectivity index (χ3n) is 4.09. The number of amides is 1. The molecule has 1 aliphatic carbocycles. The van der Waals surface area contributed by atoms with E-state index in [1.165, 1.54) is 0 Å². The van der Waals surface area contributed by atoms with Crippen molar-refractivity contribution in [3.63, 3.8) is 0 Å². The van der Waals surface area contributed by atoms with Crippen LogP contribution in [0.4, 0.5) is 0 Å². The number of hydrogen-bond acceptors (Lipinski definition) is 2. The van der Waals surface area contributed by atoms with Gasteiger partial charge in [-0.1, -0.05) is 39.4 Å². The van der Waals surface area contributed by atoms with Crippen LogP contribution in [0.3, 0.4) is 0 Å². The Morgan fingerprint density at radius 2 is 1.89 bits per heavy atom. The third-order valence-corrected chi connectivity index (χ3v) is 4.48. The zero-order valence-electron chi connectivity index (χ0n) is 11.9. The lowest BCUT2D eigenvalue weighted by molar-refractivity contribution is -0.139. The maximum absolute atomic E-state index is 12.8. The zero-order chi connectivity index (χ0) is 13.8. The largest absolute Gasteiger partial charge is 0.392 e. The molecule has 0 aromatic carbocycles. The second kappa shape index (κ2) is 6.50. The third kappa shape index (κ3) is 3.02. The first kappa shape index (κ1) is 15.4. The molecular weight excluding hydrogens is 244 g/mol. The Balaban J connectivity index is 2.88. The fraction of sp³-hybridized carbons (Fsp3) is 0.857. The summed E-state index contributed by atoms with van der Waals surface area (Å²) in [6.07, 6.45) is 5.84. The van der Waals surface area contributed by atoms with Crippen molar-refractivity contribution in [2.45, 2.75) is 65.3 Å². The highest BCUT2D eigenvalue weighted by molar-refractivity contribution is 7.80. The van der Waals surface area contributed by atoms with Crippen molar-refractivity contribution in [1.82, 2.24) is 4.90 Å². The van der Waals surface area contributed by atoms with Gasteiger partial charge in [0.05, 0.1) is 10.4 Å². The van der Waals surface area contributed by atoms with E-state index >= 15 is 0 Å². The van der Waals surface area contributed by atoms with Gasteiger partial charge in [-0.2, -0.15) is 0 Å². The van der Waals surface area contributed by atoms with Crippen LogP contribution in [0.25, 0.3) is 0 Å². The van der Waals surface area contributed by atoms with Gasteiger partial charge in [0.1, 0.15) is 0 Å². The van der Waals surface area contributed by atoms with Crippen LogP contribution in [0.1, 0.15) is 59.3 Å². The highest BCUT2D eigenvalue weighted by atomic mass is 32.1. The standard InChI is InChI=1S/C14H26N2OS/c1-4-7-10-16(11-8-9-11)13(17)14(5-2,6-3)12(15)18/h11H,4-10H2,1-3H3,(H2,15,18). The average molecular weight is 270 g/mol. The Kier molecular flexibility index (Phi) is 5.57. The van der Waals surface area contributed by atoms with Crippen LogP contribution in [0, 0.1) is 5.41 Å². The maximum atomic E-state index is 12.8. The Morgan fingerprint density at radius 1 is 1.33 bits per heavy atom. The number of rotatable bonds is 8. The molecule has 1 amide bonds. The SMILES string of the molecule is CCCCN(C(=O)C(CC)(CC)C(N)=S)C1CC1. The van der Waals surface area contributed by atoms with Gasteiger partial charge in [-0.15, -0.1) is 0 Å². The van der Waals surface area contributed by atoms with Crippen molar-refractivity contribution in [3.05, 3.63) is 0 Å². The minimum absolute atomic E-state index is 0.163. The number of carbonyl (C=O) groups excluding carboxylic acids is 1. The predicted molar refractivity (Wildman–Crippen MR) is 79.4 cm³/mol. The van der Waals surface area contributed by atoms with Crippen LogP contribution in [0.15, 0.2) is 0 Å². The lowest BCUT2D eigenvalue weighted by Crippen LogP contribution is -2.51. The summed E-state index contributed by atoms with van der Waals surface area (Å²) in [6.45, 7) is 7.01. The molecule has 0 aromatic heterocycles. The summed E-state index contributed by atoms with van der Waals surface area (Å²) in [5, 5.41) is 0. The molecule has 0 aromatic rings. The smallest absolute Gasteiger partial charge is 0.235 e. The molecule has 18 heavy (non-hydrogen) atoms. The molecule has 0 atom stereocenters. The second-order valence-corrected chi connectivity index (χ2v) is 5.68. The number of hydrogen-bond donors (Lipinski definition) is 1. The molecular formula is C14H26N2OS. The van der Waals surface area contributed by atoms with Gasteiger partial charge < -0.3 is 10.6 Å². The Morgan fingerprint density at radius 3 is 2.22 bits per heavy atom. The molecule has 0 spiro atoms. The number of unbranched alkanes of at least 4 members (excludes halogenated alkanes) is 1. The Labute approximate surface area is 116 Å². The normalized spacial score (nSPS) is 15.5. The lowest BCUT2D eigenvalue weighted by Gasteiger charge is -2.35. The van der Waals surface area contributed by atoms with Crippen molar-refractivity contribution >= 4 is 23.1 Å². The van der Waals surface area contributed by atoms with Crippen molar-refractivity contribution in [2.24, 2.45) is 11.1 Å². The van der Waals surface area contributed by atoms with Crippen LogP contribution in [0.5, 0.6) is 0 Å². The van der Waals surface area contributed by atoms with Crippen LogP contribution in [0.2, 0.25) is 0 Å². The topological polar surface area (TPSA) is 46.3 Å². The van der Waals surface area contributed by atoms with E-state index in [1.54, 1.807) is 0 Å². The Hall–Kier alpha value is -0.640. The minimum atomic E-state index is -0.619. The molecule has 0 saturated heterocycles. The van der Waals surface area contributed by atoms with Gasteiger partial charge in [-0.05, 0) is 32.1 Å². The molecule has 104 valence electrons. The molecule has 1 aliphatic rings. The van der Waals surface area contributed by atoms with Crippen molar-refractivity contribution in [3.8, 4) is 0 Å². The van der Waals surface area contributed by atoms with E-state index in [0.29, 0.717) is 23.9 Å². The molecule has 0 radical (unpaired) electrons. The molecule has 0 unspecified atom stereocenters. The number of nitrogens with zero attached hydrogens (tertiary/aromatic N) is 1. The molecule has 1 rings (SSSR count). The Bertz CT molecular complexity index is 309. The van der Waals surface area contributed by atoms with Gasteiger partial charge in [-0.3, -0.25) is 4.79 Å². The molecule has 0 heterocycles. The van der Waals surface area contributed by atoms with Crippen LogP contribution in [-0.2, 0) is 4.79 Å². The monoisotopic (exact) mass is 270 g/mol. The molecule has 0 aliphatic heterocycles. The van der Waals surface area contributed by atoms with Gasteiger partial charge in [0.25, 0.3) is 0 Å². The number of carbonyl (C=O) groups is 1. The quantitative estimate of drug-likeness (QED) is 0.690. The van der Waals surface area contributed by atoms with Crippen LogP contribution < -0.4 is 5.73 Å². The van der Waals surface area contributed by atoms with Crippen molar-refractivity contribution < 1.29 is 4.79 Å². The summed E-state index contributed by atoms with van der Waals surface area (Å²) in [7, 11) is 0. The molecule has 2 N–H and O–H groups in total. The number of thiocarbonyl (C=S) groups is 1.